The molecule has 0 radical (unpaired) electrons. The molecule has 2 unspecified atom stereocenters. The minimum Gasteiger partial charge on any atom is -0.309 e. The molecule has 1 aliphatic carbocycles. The second kappa shape index (κ2) is 15.9. The van der Waals surface area contributed by atoms with Crippen LogP contribution >= 0.6 is 0 Å². The van der Waals surface area contributed by atoms with Gasteiger partial charge in [0.2, 0.25) is 0 Å². The van der Waals surface area contributed by atoms with Crippen LogP contribution in [0.1, 0.15) is 44.9 Å². The summed E-state index contributed by atoms with van der Waals surface area (Å²) in [7, 11) is 0. The maximum atomic E-state index is 2.55. The van der Waals surface area contributed by atoms with Gasteiger partial charge in [0.15, 0.2) is 0 Å². The lowest BCUT2D eigenvalue weighted by Crippen LogP contribution is -2.29. The number of aromatic nitrogens is 1. The van der Waals surface area contributed by atoms with Gasteiger partial charge >= 0.3 is 0 Å². The summed E-state index contributed by atoms with van der Waals surface area (Å²) in [5, 5.41) is 4.98. The van der Waals surface area contributed by atoms with Crippen LogP contribution in [-0.2, 0) is 5.41 Å². The van der Waals surface area contributed by atoms with Crippen LogP contribution in [0, 0.1) is 0 Å². The highest BCUT2D eigenvalue weighted by Gasteiger charge is 2.47. The van der Waals surface area contributed by atoms with E-state index in [1.54, 1.807) is 0 Å². The van der Waals surface area contributed by atoms with E-state index in [1.165, 1.54) is 105 Å². The van der Waals surface area contributed by atoms with E-state index in [2.05, 4.69) is 271 Å². The summed E-state index contributed by atoms with van der Waals surface area (Å²) in [6, 6.07) is 99.2. The number of hydrogen-bond acceptors (Lipinski definition) is 0. The van der Waals surface area contributed by atoms with Crippen molar-refractivity contribution in [1.82, 2.24) is 4.57 Å². The summed E-state index contributed by atoms with van der Waals surface area (Å²) in [5.74, 6) is -0.0545. The molecule has 1 heterocycles. The highest BCUT2D eigenvalue weighted by atomic mass is 15.0. The van der Waals surface area contributed by atoms with Gasteiger partial charge in [0, 0.05) is 27.8 Å². The van der Waals surface area contributed by atoms with E-state index in [1.807, 2.05) is 0 Å². The molecule has 0 bridgehead atoms. The Labute approximate surface area is 391 Å². The van der Waals surface area contributed by atoms with Crippen LogP contribution in [0.4, 0.5) is 0 Å². The molecule has 0 fully saturated rings. The van der Waals surface area contributed by atoms with Crippen molar-refractivity contribution in [3.63, 3.8) is 0 Å². The molecule has 1 heteroatoms. The average molecular weight is 852 g/mol. The van der Waals surface area contributed by atoms with Crippen LogP contribution in [0.5, 0.6) is 0 Å². The zero-order chi connectivity index (χ0) is 44.3. The SMILES string of the molecule is c1ccc(-c2ccc(-n3c4cc(C(c5ccccc5)c5ccc6c(c5)C(c5ccccc5)(c5ccccc5-c5ccccc5)c5ccccc5-6)ccc4c4ccc5ccccc5c43)cc2)cc1. The third kappa shape index (κ3) is 6.16. The molecule has 0 N–H and O–H groups in total. The van der Waals surface area contributed by atoms with Crippen molar-refractivity contribution in [2.75, 3.05) is 0 Å². The number of rotatable bonds is 8. The summed E-state index contributed by atoms with van der Waals surface area (Å²) in [5.41, 5.74) is 19.3. The zero-order valence-electron chi connectivity index (χ0n) is 36.9. The van der Waals surface area contributed by atoms with Gasteiger partial charge in [-0.2, -0.15) is 0 Å². The van der Waals surface area contributed by atoms with E-state index >= 15 is 0 Å². The Balaban J connectivity index is 1.07. The molecule has 11 aromatic carbocycles. The fraction of sp³-hybridized carbons (Fsp3) is 0.0303. The van der Waals surface area contributed by atoms with Gasteiger partial charge in [-0.25, -0.2) is 0 Å². The fourth-order valence-corrected chi connectivity index (χ4v) is 11.5. The number of benzene rings is 11. The first-order chi connectivity index (χ1) is 33.3. The Morgan fingerprint density at radius 1 is 0.313 bits per heavy atom. The second-order valence-electron chi connectivity index (χ2n) is 17.9. The monoisotopic (exact) mass is 851 g/mol. The van der Waals surface area contributed by atoms with Crippen molar-refractivity contribution in [2.45, 2.75) is 11.3 Å². The Morgan fingerprint density at radius 3 is 1.60 bits per heavy atom. The second-order valence-corrected chi connectivity index (χ2v) is 17.9. The molecule has 0 aliphatic heterocycles. The minimum atomic E-state index is -0.583. The van der Waals surface area contributed by atoms with Gasteiger partial charge in [-0.15, -0.1) is 0 Å². The molecule has 2 atom stereocenters. The molecule has 1 nitrogen and oxygen atoms in total. The van der Waals surface area contributed by atoms with Crippen molar-refractivity contribution in [2.24, 2.45) is 0 Å². The maximum Gasteiger partial charge on any atom is 0.0719 e. The number of nitrogens with zero attached hydrogens (tertiary/aromatic N) is 1. The predicted molar refractivity (Wildman–Crippen MR) is 280 cm³/mol. The lowest BCUT2D eigenvalue weighted by molar-refractivity contribution is 0.767. The first-order valence-corrected chi connectivity index (χ1v) is 23.4. The van der Waals surface area contributed by atoms with Crippen molar-refractivity contribution in [3.8, 4) is 39.1 Å². The summed E-state index contributed by atoms with van der Waals surface area (Å²) in [6.07, 6.45) is 0. The minimum absolute atomic E-state index is 0.0545. The third-order valence-corrected chi connectivity index (χ3v) is 14.4. The molecular formula is C66H45N. The maximum absolute atomic E-state index is 2.55. The highest BCUT2D eigenvalue weighted by molar-refractivity contribution is 6.18. The van der Waals surface area contributed by atoms with E-state index in [0.717, 1.165) is 5.69 Å². The van der Waals surface area contributed by atoms with Crippen LogP contribution in [0.3, 0.4) is 0 Å². The Morgan fingerprint density at radius 2 is 0.851 bits per heavy atom. The standard InChI is InChI=1S/C66H45N/c1-5-19-45(20-6-1)46-33-38-53(39-34-46)67-63-44-51(37-41-58(63)59-42-35-48-23-13-14-29-55(48)65(59)67)64(49-24-9-3-10-25-49)50-36-40-57-56-30-16-18-32-61(56)66(62(57)43-50,52-26-11-4-12-27-52)60-31-17-15-28-54(60)47-21-7-2-8-22-47/h1-44,64H. The van der Waals surface area contributed by atoms with E-state index < -0.39 is 5.41 Å². The topological polar surface area (TPSA) is 4.93 Å². The molecule has 67 heavy (non-hydrogen) atoms. The summed E-state index contributed by atoms with van der Waals surface area (Å²) in [6.45, 7) is 0. The van der Waals surface area contributed by atoms with E-state index in [0.29, 0.717) is 0 Å². The molecular weight excluding hydrogens is 807 g/mol. The van der Waals surface area contributed by atoms with Crippen LogP contribution in [0.25, 0.3) is 71.6 Å². The van der Waals surface area contributed by atoms with E-state index in [9.17, 15) is 0 Å². The van der Waals surface area contributed by atoms with Gasteiger partial charge in [0.1, 0.15) is 0 Å². The van der Waals surface area contributed by atoms with E-state index in [4.69, 9.17) is 0 Å². The Kier molecular flexibility index (Phi) is 9.21. The van der Waals surface area contributed by atoms with Crippen molar-refractivity contribution in [1.29, 1.82) is 0 Å². The first kappa shape index (κ1) is 38.9. The summed E-state index contributed by atoms with van der Waals surface area (Å²) >= 11 is 0. The molecule has 314 valence electrons. The number of hydrogen-bond donors (Lipinski definition) is 0. The lowest BCUT2D eigenvalue weighted by atomic mass is 9.65. The van der Waals surface area contributed by atoms with Gasteiger partial charge in [-0.3, -0.25) is 0 Å². The molecule has 13 rings (SSSR count). The summed E-state index contributed by atoms with van der Waals surface area (Å²) in [4.78, 5) is 0. The van der Waals surface area contributed by atoms with Crippen molar-refractivity contribution in [3.05, 3.63) is 306 Å². The van der Waals surface area contributed by atoms with Gasteiger partial charge in [-0.05, 0) is 95.9 Å². The first-order valence-electron chi connectivity index (χ1n) is 23.4. The quantitative estimate of drug-likeness (QED) is 0.134. The molecule has 0 amide bonds. The van der Waals surface area contributed by atoms with Crippen molar-refractivity contribution >= 4 is 32.6 Å². The molecule has 0 spiro atoms. The molecule has 1 aliphatic rings. The van der Waals surface area contributed by atoms with Crippen LogP contribution in [-0.4, -0.2) is 4.57 Å². The van der Waals surface area contributed by atoms with Gasteiger partial charge in [-0.1, -0.05) is 249 Å². The zero-order valence-corrected chi connectivity index (χ0v) is 36.9. The smallest absolute Gasteiger partial charge is 0.0719 e. The molecule has 0 saturated heterocycles. The Bertz CT molecular complexity index is 3780. The molecule has 12 aromatic rings. The van der Waals surface area contributed by atoms with Crippen molar-refractivity contribution < 1.29 is 0 Å². The molecule has 1 aromatic heterocycles. The van der Waals surface area contributed by atoms with Crippen LogP contribution < -0.4 is 0 Å². The van der Waals surface area contributed by atoms with Gasteiger partial charge in [0.05, 0.1) is 16.4 Å². The third-order valence-electron chi connectivity index (χ3n) is 14.4. The van der Waals surface area contributed by atoms with Crippen LogP contribution in [0.2, 0.25) is 0 Å². The predicted octanol–water partition coefficient (Wildman–Crippen LogP) is 16.8. The summed E-state index contributed by atoms with van der Waals surface area (Å²) < 4.78 is 2.51. The molecule has 0 saturated carbocycles. The van der Waals surface area contributed by atoms with E-state index in [-0.39, 0.29) is 5.92 Å². The Hall–Kier alpha value is -8.52. The largest absolute Gasteiger partial charge is 0.309 e. The average Bonchev–Trinajstić information content (AvgIpc) is 3.90. The fourth-order valence-electron chi connectivity index (χ4n) is 11.5. The normalized spacial score (nSPS) is 14.6. The highest BCUT2D eigenvalue weighted by Crippen LogP contribution is 2.58. The van der Waals surface area contributed by atoms with Gasteiger partial charge in [0.25, 0.3) is 0 Å². The lowest BCUT2D eigenvalue weighted by Gasteiger charge is -2.36. The number of fused-ring (bicyclic) bond motifs is 8. The van der Waals surface area contributed by atoms with Crippen LogP contribution in [0.15, 0.2) is 267 Å². The van der Waals surface area contributed by atoms with Gasteiger partial charge < -0.3 is 4.57 Å².